The molecule has 4 rings (SSSR count). The average molecular weight is 451 g/mol. The molecule has 1 aromatic heterocycles. The Morgan fingerprint density at radius 3 is 2.39 bits per heavy atom. The first kappa shape index (κ1) is 22.7. The molecule has 0 saturated carbocycles. The summed E-state index contributed by atoms with van der Waals surface area (Å²) >= 11 is 0. The summed E-state index contributed by atoms with van der Waals surface area (Å²) in [6.45, 7) is 3.00. The van der Waals surface area contributed by atoms with E-state index in [1.54, 1.807) is 13.0 Å². The summed E-state index contributed by atoms with van der Waals surface area (Å²) in [5, 5.41) is 19.1. The molecule has 2 heterocycles. The van der Waals surface area contributed by atoms with Gasteiger partial charge in [0.1, 0.15) is 11.6 Å². The highest BCUT2D eigenvalue weighted by Gasteiger charge is 2.24. The first-order valence-electron chi connectivity index (χ1n) is 11.0. The second kappa shape index (κ2) is 9.54. The maximum atomic E-state index is 14.9. The van der Waals surface area contributed by atoms with Gasteiger partial charge in [-0.3, -0.25) is 4.79 Å². The lowest BCUT2D eigenvalue weighted by molar-refractivity contribution is 0.0991. The Morgan fingerprint density at radius 2 is 1.79 bits per heavy atom. The number of amides is 1. The summed E-state index contributed by atoms with van der Waals surface area (Å²) in [5.41, 5.74) is 8.57. The molecule has 1 aliphatic heterocycles. The predicted molar refractivity (Wildman–Crippen MR) is 123 cm³/mol. The average Bonchev–Trinajstić information content (AvgIpc) is 2.82. The van der Waals surface area contributed by atoms with Gasteiger partial charge < -0.3 is 20.8 Å². The number of aryl methyl sites for hydroxylation is 1. The second-order valence-electron chi connectivity index (χ2n) is 8.44. The number of benzene rings is 2. The fourth-order valence-electron chi connectivity index (χ4n) is 4.27. The van der Waals surface area contributed by atoms with Crippen LogP contribution in [0.4, 0.5) is 10.1 Å². The minimum absolute atomic E-state index is 0.0195. The number of anilines is 1. The number of piperidine rings is 1. The van der Waals surface area contributed by atoms with Crippen molar-refractivity contribution >= 4 is 11.6 Å². The quantitative estimate of drug-likeness (QED) is 0.531. The van der Waals surface area contributed by atoms with Gasteiger partial charge in [-0.2, -0.15) is 0 Å². The van der Waals surface area contributed by atoms with Gasteiger partial charge in [0.15, 0.2) is 11.4 Å². The molecule has 172 valence electrons. The number of hydrogen-bond donors (Lipinski definition) is 3. The van der Waals surface area contributed by atoms with E-state index in [2.05, 4.69) is 9.97 Å². The molecule has 3 aromatic rings. The smallest absolute Gasteiger partial charge is 0.271 e. The Balaban J connectivity index is 1.41. The lowest BCUT2D eigenvalue weighted by Gasteiger charge is -2.33. The van der Waals surface area contributed by atoms with Crippen LogP contribution < -0.4 is 10.6 Å². The normalized spacial score (nSPS) is 14.5. The molecule has 0 atom stereocenters. The Morgan fingerprint density at radius 1 is 1.12 bits per heavy atom. The number of aliphatic hydroxyl groups excluding tert-OH is 1. The van der Waals surface area contributed by atoms with Crippen LogP contribution in [0.5, 0.6) is 5.75 Å². The zero-order valence-corrected chi connectivity index (χ0v) is 18.5. The molecule has 0 spiro atoms. The predicted octanol–water partition coefficient (Wildman–Crippen LogP) is 3.35. The number of nitrogens with zero attached hydrogens (tertiary/aromatic N) is 3. The number of carbonyl (C=O) groups is 1. The molecule has 0 unspecified atom stereocenters. The van der Waals surface area contributed by atoms with Crippen LogP contribution in [0.25, 0.3) is 11.1 Å². The number of aliphatic hydroxyl groups is 1. The molecule has 1 fully saturated rings. The van der Waals surface area contributed by atoms with Gasteiger partial charge in [0.05, 0.1) is 18.0 Å². The van der Waals surface area contributed by atoms with Gasteiger partial charge in [0.2, 0.25) is 0 Å². The zero-order valence-electron chi connectivity index (χ0n) is 18.5. The lowest BCUT2D eigenvalue weighted by Crippen LogP contribution is -2.35. The third-order valence-electron chi connectivity index (χ3n) is 6.18. The van der Waals surface area contributed by atoms with Crippen molar-refractivity contribution in [3.63, 3.8) is 0 Å². The van der Waals surface area contributed by atoms with Crippen molar-refractivity contribution in [1.29, 1.82) is 0 Å². The molecule has 0 aliphatic carbocycles. The number of nitrogens with two attached hydrogens (primary N) is 1. The second-order valence-corrected chi connectivity index (χ2v) is 8.44. The SMILES string of the molecule is Cc1nc(CC2CCN(c3ccc(-c4ccc(CO)cc4)cc3F)CC2)nc(C(N)=O)c1O. The van der Waals surface area contributed by atoms with E-state index in [1.807, 2.05) is 41.3 Å². The molecule has 33 heavy (non-hydrogen) atoms. The van der Waals surface area contributed by atoms with Gasteiger partial charge in [-0.1, -0.05) is 30.3 Å². The molecular formula is C25H27FN4O3. The number of carbonyl (C=O) groups excluding carboxylic acids is 1. The molecule has 1 saturated heterocycles. The fourth-order valence-corrected chi connectivity index (χ4v) is 4.27. The number of halogens is 1. The third kappa shape index (κ3) is 4.96. The number of rotatable bonds is 6. The van der Waals surface area contributed by atoms with E-state index < -0.39 is 5.91 Å². The van der Waals surface area contributed by atoms with Crippen LogP contribution in [-0.2, 0) is 13.0 Å². The molecule has 0 radical (unpaired) electrons. The van der Waals surface area contributed by atoms with Crippen LogP contribution >= 0.6 is 0 Å². The lowest BCUT2D eigenvalue weighted by atomic mass is 9.92. The van der Waals surface area contributed by atoms with Crippen molar-refractivity contribution in [2.45, 2.75) is 32.8 Å². The highest BCUT2D eigenvalue weighted by Crippen LogP contribution is 2.31. The molecule has 2 aromatic carbocycles. The first-order valence-corrected chi connectivity index (χ1v) is 11.0. The first-order chi connectivity index (χ1) is 15.9. The standard InChI is InChI=1S/C25H27FN4O3/c1-15-24(32)23(25(27)33)29-22(28-15)12-16-8-10-30(11-9-16)21-7-6-19(13-20(21)26)18-4-2-17(14-31)3-5-18/h2-7,13,16,31-32H,8-12,14H2,1H3,(H2,27,33). The van der Waals surface area contributed by atoms with Crippen molar-refractivity contribution in [2.24, 2.45) is 11.7 Å². The summed E-state index contributed by atoms with van der Waals surface area (Å²) in [6.07, 6.45) is 2.23. The Hall–Kier alpha value is -3.52. The van der Waals surface area contributed by atoms with E-state index in [4.69, 9.17) is 5.73 Å². The third-order valence-corrected chi connectivity index (χ3v) is 6.18. The minimum atomic E-state index is -0.780. The highest BCUT2D eigenvalue weighted by molar-refractivity contribution is 5.93. The van der Waals surface area contributed by atoms with Gasteiger partial charge >= 0.3 is 0 Å². The topological polar surface area (TPSA) is 113 Å². The van der Waals surface area contributed by atoms with Crippen molar-refractivity contribution in [1.82, 2.24) is 9.97 Å². The van der Waals surface area contributed by atoms with Crippen molar-refractivity contribution in [3.8, 4) is 16.9 Å². The molecule has 1 aliphatic rings. The van der Waals surface area contributed by atoms with E-state index >= 15 is 0 Å². The number of aromatic nitrogens is 2. The fraction of sp³-hybridized carbons (Fsp3) is 0.320. The molecule has 1 amide bonds. The summed E-state index contributed by atoms with van der Waals surface area (Å²) in [4.78, 5) is 22.0. The molecule has 4 N–H and O–H groups in total. The van der Waals surface area contributed by atoms with E-state index in [0.29, 0.717) is 42.6 Å². The Labute approximate surface area is 191 Å². The van der Waals surface area contributed by atoms with Gasteiger partial charge in [-0.15, -0.1) is 0 Å². The molecule has 0 bridgehead atoms. The maximum absolute atomic E-state index is 14.9. The van der Waals surface area contributed by atoms with Crippen LogP contribution in [0.2, 0.25) is 0 Å². The van der Waals surface area contributed by atoms with E-state index in [0.717, 1.165) is 29.5 Å². The van der Waals surface area contributed by atoms with Crippen molar-refractivity contribution in [2.75, 3.05) is 18.0 Å². The number of primary amides is 1. The number of aromatic hydroxyl groups is 1. The van der Waals surface area contributed by atoms with Crippen LogP contribution in [0.15, 0.2) is 42.5 Å². The summed E-state index contributed by atoms with van der Waals surface area (Å²) < 4.78 is 14.9. The van der Waals surface area contributed by atoms with Crippen molar-refractivity contribution < 1.29 is 19.4 Å². The summed E-state index contributed by atoms with van der Waals surface area (Å²) in [7, 11) is 0. The van der Waals surface area contributed by atoms with Crippen LogP contribution in [0, 0.1) is 18.7 Å². The zero-order chi connectivity index (χ0) is 23.5. The van der Waals surface area contributed by atoms with Crippen molar-refractivity contribution in [3.05, 3.63) is 71.1 Å². The molecular weight excluding hydrogens is 423 g/mol. The van der Waals surface area contributed by atoms with Gasteiger partial charge in [0, 0.05) is 19.5 Å². The minimum Gasteiger partial charge on any atom is -0.504 e. The van der Waals surface area contributed by atoms with Gasteiger partial charge in [-0.25, -0.2) is 14.4 Å². The van der Waals surface area contributed by atoms with Crippen LogP contribution in [-0.4, -0.2) is 39.2 Å². The van der Waals surface area contributed by atoms with E-state index in [-0.39, 0.29) is 23.9 Å². The largest absolute Gasteiger partial charge is 0.504 e. The van der Waals surface area contributed by atoms with E-state index in [9.17, 15) is 19.4 Å². The summed E-state index contributed by atoms with van der Waals surface area (Å²) in [6, 6.07) is 12.7. The number of hydrogen-bond acceptors (Lipinski definition) is 6. The van der Waals surface area contributed by atoms with Gasteiger partial charge in [-0.05, 0) is 54.5 Å². The van der Waals surface area contributed by atoms with E-state index in [1.165, 1.54) is 0 Å². The van der Waals surface area contributed by atoms with Gasteiger partial charge in [0.25, 0.3) is 5.91 Å². The highest BCUT2D eigenvalue weighted by atomic mass is 19.1. The Bertz CT molecular complexity index is 1160. The van der Waals surface area contributed by atoms with Crippen LogP contribution in [0.3, 0.4) is 0 Å². The maximum Gasteiger partial charge on any atom is 0.271 e. The Kier molecular flexibility index (Phi) is 6.55. The summed E-state index contributed by atoms with van der Waals surface area (Å²) in [5.74, 6) is -0.541. The monoisotopic (exact) mass is 450 g/mol. The molecule has 8 heteroatoms. The van der Waals surface area contributed by atoms with Crippen LogP contribution in [0.1, 0.15) is 40.4 Å². The molecule has 7 nitrogen and oxygen atoms in total.